The summed E-state index contributed by atoms with van der Waals surface area (Å²) < 4.78 is 11.3. The van der Waals surface area contributed by atoms with E-state index in [2.05, 4.69) is 20.5 Å². The molecule has 144 valence electrons. The van der Waals surface area contributed by atoms with Gasteiger partial charge in [-0.3, -0.25) is 9.89 Å². The number of ether oxygens (including phenoxy) is 2. The van der Waals surface area contributed by atoms with Gasteiger partial charge in [0, 0.05) is 52.1 Å². The monoisotopic (exact) mass is 352 g/mol. The molecule has 0 aromatic heterocycles. The molecule has 0 bridgehead atoms. The highest BCUT2D eigenvalue weighted by molar-refractivity contribution is 5.79. The van der Waals surface area contributed by atoms with Gasteiger partial charge in [-0.2, -0.15) is 0 Å². The molecule has 25 heavy (non-hydrogen) atoms. The first kappa shape index (κ1) is 18.9. The second-order valence-corrected chi connectivity index (χ2v) is 7.76. The summed E-state index contributed by atoms with van der Waals surface area (Å²) in [6, 6.07) is 0. The Labute approximate surface area is 152 Å². The molecular formula is C19H36N4O2. The molecule has 2 N–H and O–H groups in total. The Morgan fingerprint density at radius 2 is 1.96 bits per heavy atom. The van der Waals surface area contributed by atoms with E-state index in [1.807, 2.05) is 7.05 Å². The van der Waals surface area contributed by atoms with Crippen LogP contribution in [0.15, 0.2) is 4.99 Å². The van der Waals surface area contributed by atoms with Crippen molar-refractivity contribution in [2.24, 2.45) is 10.9 Å². The highest BCUT2D eigenvalue weighted by atomic mass is 16.5. The molecule has 6 nitrogen and oxygen atoms in total. The Morgan fingerprint density at radius 1 is 1.20 bits per heavy atom. The van der Waals surface area contributed by atoms with Gasteiger partial charge in [-0.15, -0.1) is 0 Å². The largest absolute Gasteiger partial charge is 0.381 e. The average molecular weight is 353 g/mol. The average Bonchev–Trinajstić information content (AvgIpc) is 3.30. The van der Waals surface area contributed by atoms with Crippen molar-refractivity contribution in [2.75, 3.05) is 59.7 Å². The van der Waals surface area contributed by atoms with Crippen LogP contribution in [0.4, 0.5) is 0 Å². The van der Waals surface area contributed by atoms with E-state index < -0.39 is 0 Å². The van der Waals surface area contributed by atoms with Gasteiger partial charge in [-0.1, -0.05) is 0 Å². The Hall–Kier alpha value is -0.850. The predicted octanol–water partition coefficient (Wildman–Crippen LogP) is 1.61. The fourth-order valence-electron chi connectivity index (χ4n) is 3.93. The van der Waals surface area contributed by atoms with E-state index in [1.165, 1.54) is 38.8 Å². The SMILES string of the molecule is CN=C(NCCCOCC1CC1)NCC1(N2CCCC2)CCOCC1. The van der Waals surface area contributed by atoms with Crippen LogP contribution in [0.2, 0.25) is 0 Å². The van der Waals surface area contributed by atoms with Crippen LogP contribution in [0.1, 0.15) is 44.9 Å². The summed E-state index contributed by atoms with van der Waals surface area (Å²) in [5.74, 6) is 1.76. The summed E-state index contributed by atoms with van der Waals surface area (Å²) in [5, 5.41) is 7.01. The lowest BCUT2D eigenvalue weighted by atomic mass is 9.88. The molecule has 0 atom stereocenters. The molecule has 0 amide bonds. The molecule has 1 aliphatic carbocycles. The van der Waals surface area contributed by atoms with Crippen LogP contribution in [0.3, 0.4) is 0 Å². The van der Waals surface area contributed by atoms with E-state index in [4.69, 9.17) is 9.47 Å². The second kappa shape index (κ2) is 9.74. The summed E-state index contributed by atoms with van der Waals surface area (Å²) >= 11 is 0. The van der Waals surface area contributed by atoms with Gasteiger partial charge in [0.1, 0.15) is 0 Å². The first-order chi connectivity index (χ1) is 12.3. The van der Waals surface area contributed by atoms with Gasteiger partial charge in [-0.25, -0.2) is 0 Å². The van der Waals surface area contributed by atoms with Gasteiger partial charge >= 0.3 is 0 Å². The number of guanidine groups is 1. The van der Waals surface area contributed by atoms with E-state index in [-0.39, 0.29) is 5.54 Å². The molecule has 2 heterocycles. The zero-order valence-corrected chi connectivity index (χ0v) is 15.9. The normalized spacial score (nSPS) is 24.4. The lowest BCUT2D eigenvalue weighted by molar-refractivity contribution is -0.0164. The first-order valence-corrected chi connectivity index (χ1v) is 10.2. The van der Waals surface area contributed by atoms with Crippen LogP contribution < -0.4 is 10.6 Å². The Balaban J connectivity index is 1.37. The van der Waals surface area contributed by atoms with E-state index in [9.17, 15) is 0 Å². The van der Waals surface area contributed by atoms with E-state index in [1.54, 1.807) is 0 Å². The van der Waals surface area contributed by atoms with Crippen molar-refractivity contribution < 1.29 is 9.47 Å². The van der Waals surface area contributed by atoms with Crippen molar-refractivity contribution in [3.05, 3.63) is 0 Å². The van der Waals surface area contributed by atoms with Crippen LogP contribution >= 0.6 is 0 Å². The van der Waals surface area contributed by atoms with Crippen LogP contribution in [0.5, 0.6) is 0 Å². The molecule has 3 aliphatic rings. The molecule has 3 fully saturated rings. The van der Waals surface area contributed by atoms with E-state index in [0.29, 0.717) is 0 Å². The molecule has 2 saturated heterocycles. The summed E-state index contributed by atoms with van der Waals surface area (Å²) in [4.78, 5) is 7.07. The Kier molecular flexibility index (Phi) is 7.37. The van der Waals surface area contributed by atoms with Gasteiger partial charge in [0.05, 0.1) is 0 Å². The van der Waals surface area contributed by atoms with Gasteiger partial charge < -0.3 is 20.1 Å². The fourth-order valence-corrected chi connectivity index (χ4v) is 3.93. The third-order valence-electron chi connectivity index (χ3n) is 5.82. The first-order valence-electron chi connectivity index (χ1n) is 10.2. The molecule has 2 aliphatic heterocycles. The quantitative estimate of drug-likeness (QED) is 0.375. The summed E-state index contributed by atoms with van der Waals surface area (Å²) in [6.45, 7) is 7.87. The number of likely N-dealkylation sites (tertiary alicyclic amines) is 1. The second-order valence-electron chi connectivity index (χ2n) is 7.76. The van der Waals surface area contributed by atoms with E-state index >= 15 is 0 Å². The summed E-state index contributed by atoms with van der Waals surface area (Å²) in [6.07, 6.45) is 8.64. The maximum Gasteiger partial charge on any atom is 0.191 e. The number of aliphatic imine (C=N–C) groups is 1. The van der Waals surface area contributed by atoms with Gasteiger partial charge in [-0.05, 0) is 64.0 Å². The number of hydrogen-bond acceptors (Lipinski definition) is 4. The maximum atomic E-state index is 5.69. The molecule has 0 spiro atoms. The highest BCUT2D eigenvalue weighted by Crippen LogP contribution is 2.30. The lowest BCUT2D eigenvalue weighted by Crippen LogP contribution is -2.58. The predicted molar refractivity (Wildman–Crippen MR) is 101 cm³/mol. The zero-order valence-electron chi connectivity index (χ0n) is 15.9. The highest BCUT2D eigenvalue weighted by Gasteiger charge is 2.39. The van der Waals surface area contributed by atoms with Crippen molar-refractivity contribution in [3.63, 3.8) is 0 Å². The van der Waals surface area contributed by atoms with Crippen molar-refractivity contribution in [1.82, 2.24) is 15.5 Å². The number of nitrogens with one attached hydrogen (secondary N) is 2. The number of hydrogen-bond donors (Lipinski definition) is 2. The van der Waals surface area contributed by atoms with Crippen LogP contribution in [-0.4, -0.2) is 76.1 Å². The van der Waals surface area contributed by atoms with Crippen molar-refractivity contribution in [1.29, 1.82) is 0 Å². The molecule has 1 saturated carbocycles. The zero-order chi connectivity index (χ0) is 17.4. The van der Waals surface area contributed by atoms with Crippen molar-refractivity contribution >= 4 is 5.96 Å². The summed E-state index contributed by atoms with van der Waals surface area (Å²) in [7, 11) is 1.85. The van der Waals surface area contributed by atoms with Gasteiger partial charge in [0.2, 0.25) is 0 Å². The van der Waals surface area contributed by atoms with Crippen molar-refractivity contribution in [3.8, 4) is 0 Å². The van der Waals surface area contributed by atoms with Crippen LogP contribution in [0.25, 0.3) is 0 Å². The molecule has 6 heteroatoms. The minimum atomic E-state index is 0.236. The Bertz CT molecular complexity index is 414. The van der Waals surface area contributed by atoms with Crippen molar-refractivity contribution in [2.45, 2.75) is 50.5 Å². The molecule has 0 aromatic carbocycles. The van der Waals surface area contributed by atoms with Gasteiger partial charge in [0.15, 0.2) is 5.96 Å². The summed E-state index contributed by atoms with van der Waals surface area (Å²) in [5.41, 5.74) is 0.236. The standard InChI is InChI=1S/C19H36N4O2/c1-20-18(21-9-4-12-25-15-17-5-6-17)22-16-19(7-13-24-14-8-19)23-10-2-3-11-23/h17H,2-16H2,1H3,(H2,20,21,22). The smallest absolute Gasteiger partial charge is 0.191 e. The van der Waals surface area contributed by atoms with Crippen LogP contribution in [-0.2, 0) is 9.47 Å². The Morgan fingerprint density at radius 3 is 2.64 bits per heavy atom. The van der Waals surface area contributed by atoms with Crippen LogP contribution in [0, 0.1) is 5.92 Å². The van der Waals surface area contributed by atoms with Gasteiger partial charge in [0.25, 0.3) is 0 Å². The van der Waals surface area contributed by atoms with E-state index in [0.717, 1.165) is 70.7 Å². The maximum absolute atomic E-state index is 5.69. The molecule has 0 radical (unpaired) electrons. The third kappa shape index (κ3) is 5.83. The number of rotatable bonds is 9. The minimum Gasteiger partial charge on any atom is -0.381 e. The fraction of sp³-hybridized carbons (Fsp3) is 0.947. The number of nitrogens with zero attached hydrogens (tertiary/aromatic N) is 2. The lowest BCUT2D eigenvalue weighted by Gasteiger charge is -2.45. The molecule has 0 aromatic rings. The topological polar surface area (TPSA) is 58.1 Å². The molecule has 0 unspecified atom stereocenters. The minimum absolute atomic E-state index is 0.236. The molecule has 3 rings (SSSR count). The third-order valence-corrected chi connectivity index (χ3v) is 5.82. The molecular weight excluding hydrogens is 316 g/mol.